The summed E-state index contributed by atoms with van der Waals surface area (Å²) in [7, 11) is 0. The molecule has 7 heteroatoms. The van der Waals surface area contributed by atoms with Crippen LogP contribution >= 0.6 is 0 Å². The zero-order valence-electron chi connectivity index (χ0n) is 13.5. The van der Waals surface area contributed by atoms with Gasteiger partial charge in [-0.25, -0.2) is 9.78 Å². The number of hydrogen-bond acceptors (Lipinski definition) is 5. The highest BCUT2D eigenvalue weighted by molar-refractivity contribution is 5.91. The van der Waals surface area contributed by atoms with Gasteiger partial charge < -0.3 is 15.0 Å². The lowest BCUT2D eigenvalue weighted by molar-refractivity contribution is -0.149. The van der Waals surface area contributed by atoms with Crippen molar-refractivity contribution in [2.24, 2.45) is 0 Å². The van der Waals surface area contributed by atoms with Gasteiger partial charge in [-0.1, -0.05) is 24.3 Å². The summed E-state index contributed by atoms with van der Waals surface area (Å²) in [4.78, 5) is 40.7. The number of esters is 1. The number of pyridine rings is 1. The van der Waals surface area contributed by atoms with E-state index < -0.39 is 5.97 Å². The van der Waals surface area contributed by atoms with Crippen LogP contribution in [-0.2, 0) is 19.1 Å². The molecule has 7 nitrogen and oxygen atoms in total. The molecule has 128 valence electrons. The largest absolute Gasteiger partial charge is 0.452 e. The van der Waals surface area contributed by atoms with Crippen molar-refractivity contribution >= 4 is 34.8 Å². The number of nitrogens with zero attached hydrogens (tertiary/aromatic N) is 2. The minimum absolute atomic E-state index is 0.00671. The molecule has 25 heavy (non-hydrogen) atoms. The number of carbonyl (C=O) groups excluding carboxylic acids is 3. The Bertz CT molecular complexity index is 847. The summed E-state index contributed by atoms with van der Waals surface area (Å²) in [6.07, 6.45) is 2.76. The first-order chi connectivity index (χ1) is 12.1. The molecule has 0 atom stereocenters. The fourth-order valence-electron chi connectivity index (χ4n) is 2.45. The summed E-state index contributed by atoms with van der Waals surface area (Å²) in [5.74, 6) is -1.24. The molecular weight excluding hydrogens is 322 g/mol. The first kappa shape index (κ1) is 16.6. The van der Waals surface area contributed by atoms with Gasteiger partial charge in [-0.05, 0) is 18.2 Å². The number of nitrogens with one attached hydrogen (secondary N) is 1. The lowest BCUT2D eigenvalue weighted by Gasteiger charge is -2.26. The topological polar surface area (TPSA) is 88.6 Å². The van der Waals surface area contributed by atoms with Crippen molar-refractivity contribution in [1.82, 2.24) is 15.2 Å². The fraction of sp³-hybridized carbons (Fsp3) is 0.222. The van der Waals surface area contributed by atoms with Crippen LogP contribution in [0.2, 0.25) is 0 Å². The van der Waals surface area contributed by atoms with Gasteiger partial charge in [0.2, 0.25) is 5.91 Å². The molecule has 0 aliphatic carbocycles. The van der Waals surface area contributed by atoms with E-state index in [0.29, 0.717) is 18.8 Å². The Labute approximate surface area is 144 Å². The zero-order chi connectivity index (χ0) is 17.6. The number of aromatic nitrogens is 1. The molecule has 2 aromatic rings. The molecule has 0 saturated carbocycles. The molecule has 1 fully saturated rings. The Morgan fingerprint density at radius 3 is 2.92 bits per heavy atom. The van der Waals surface area contributed by atoms with Crippen molar-refractivity contribution in [1.29, 1.82) is 0 Å². The smallest absolute Gasteiger partial charge is 0.331 e. The summed E-state index contributed by atoms with van der Waals surface area (Å²) < 4.78 is 4.93. The van der Waals surface area contributed by atoms with Gasteiger partial charge >= 0.3 is 5.97 Å². The highest BCUT2D eigenvalue weighted by Crippen LogP contribution is 2.12. The van der Waals surface area contributed by atoms with Crippen LogP contribution in [-0.4, -0.2) is 53.9 Å². The molecule has 1 aliphatic heterocycles. The van der Waals surface area contributed by atoms with Crippen LogP contribution in [0, 0.1) is 0 Å². The minimum atomic E-state index is -0.634. The number of ether oxygens (including phenoxy) is 1. The summed E-state index contributed by atoms with van der Waals surface area (Å²) >= 11 is 0. The lowest BCUT2D eigenvalue weighted by Crippen LogP contribution is -2.51. The minimum Gasteiger partial charge on any atom is -0.452 e. The van der Waals surface area contributed by atoms with Gasteiger partial charge in [0.15, 0.2) is 6.61 Å². The summed E-state index contributed by atoms with van der Waals surface area (Å²) in [6, 6.07) is 11.4. The Kier molecular flexibility index (Phi) is 5.03. The molecule has 0 spiro atoms. The quantitative estimate of drug-likeness (QED) is 0.656. The van der Waals surface area contributed by atoms with Gasteiger partial charge in [0.25, 0.3) is 5.91 Å². The second-order valence-electron chi connectivity index (χ2n) is 5.54. The van der Waals surface area contributed by atoms with Crippen LogP contribution in [0.4, 0.5) is 0 Å². The normalized spacial score (nSPS) is 14.6. The summed E-state index contributed by atoms with van der Waals surface area (Å²) in [5, 5.41) is 3.64. The third-order valence-electron chi connectivity index (χ3n) is 3.74. The van der Waals surface area contributed by atoms with Crippen LogP contribution in [0.1, 0.15) is 5.69 Å². The number of hydrogen-bond donors (Lipinski definition) is 1. The number of amides is 2. The van der Waals surface area contributed by atoms with Crippen LogP contribution in [0.5, 0.6) is 0 Å². The average molecular weight is 339 g/mol. The molecule has 2 amide bonds. The van der Waals surface area contributed by atoms with E-state index in [2.05, 4.69) is 10.3 Å². The number of fused-ring (bicyclic) bond motifs is 1. The fourth-order valence-corrected chi connectivity index (χ4v) is 2.45. The summed E-state index contributed by atoms with van der Waals surface area (Å²) in [6.45, 7) is 0.430. The van der Waals surface area contributed by atoms with E-state index >= 15 is 0 Å². The first-order valence-corrected chi connectivity index (χ1v) is 7.87. The average Bonchev–Trinajstić information content (AvgIpc) is 2.64. The molecule has 0 unspecified atom stereocenters. The number of para-hydroxylation sites is 1. The second kappa shape index (κ2) is 7.57. The maximum absolute atomic E-state index is 11.9. The van der Waals surface area contributed by atoms with E-state index in [1.54, 1.807) is 6.07 Å². The van der Waals surface area contributed by atoms with Gasteiger partial charge in [-0.15, -0.1) is 0 Å². The third-order valence-corrected chi connectivity index (χ3v) is 3.74. The summed E-state index contributed by atoms with van der Waals surface area (Å²) in [5.41, 5.74) is 1.45. The molecule has 1 saturated heterocycles. The predicted molar refractivity (Wildman–Crippen MR) is 91.3 cm³/mol. The molecular formula is C18H17N3O4. The maximum atomic E-state index is 11.9. The molecule has 1 N–H and O–H groups in total. The Morgan fingerprint density at radius 2 is 2.08 bits per heavy atom. The van der Waals surface area contributed by atoms with E-state index in [1.807, 2.05) is 30.3 Å². The number of rotatable bonds is 4. The van der Waals surface area contributed by atoms with Gasteiger partial charge in [0, 0.05) is 24.6 Å². The van der Waals surface area contributed by atoms with Crippen LogP contribution < -0.4 is 5.32 Å². The van der Waals surface area contributed by atoms with E-state index in [9.17, 15) is 14.4 Å². The molecule has 0 bridgehead atoms. The van der Waals surface area contributed by atoms with Crippen molar-refractivity contribution in [3.05, 3.63) is 48.2 Å². The third kappa shape index (κ3) is 4.41. The zero-order valence-corrected chi connectivity index (χ0v) is 13.5. The van der Waals surface area contributed by atoms with Crippen LogP contribution in [0.25, 0.3) is 17.0 Å². The first-order valence-electron chi connectivity index (χ1n) is 7.87. The van der Waals surface area contributed by atoms with Gasteiger partial charge in [0.05, 0.1) is 17.8 Å². The van der Waals surface area contributed by atoms with Crippen molar-refractivity contribution in [3.63, 3.8) is 0 Å². The standard InChI is InChI=1S/C18H17N3O4/c22-16-11-21(10-9-19-16)17(23)12-25-18(24)8-7-14-6-5-13-3-1-2-4-15(13)20-14/h1-8H,9-12H2,(H,19,22)/b8-7+. The van der Waals surface area contributed by atoms with Crippen molar-refractivity contribution in [2.45, 2.75) is 0 Å². The maximum Gasteiger partial charge on any atom is 0.331 e. The second-order valence-corrected chi connectivity index (χ2v) is 5.54. The molecule has 3 rings (SSSR count). The van der Waals surface area contributed by atoms with E-state index in [4.69, 9.17) is 4.74 Å². The van der Waals surface area contributed by atoms with Crippen molar-refractivity contribution in [2.75, 3.05) is 26.2 Å². The highest BCUT2D eigenvalue weighted by Gasteiger charge is 2.21. The molecule has 1 aromatic carbocycles. The van der Waals surface area contributed by atoms with E-state index in [-0.39, 0.29) is 25.0 Å². The molecule has 0 radical (unpaired) electrons. The number of carbonyl (C=O) groups is 3. The monoisotopic (exact) mass is 339 g/mol. The lowest BCUT2D eigenvalue weighted by atomic mass is 10.2. The molecule has 1 aliphatic rings. The van der Waals surface area contributed by atoms with Crippen molar-refractivity contribution in [3.8, 4) is 0 Å². The van der Waals surface area contributed by atoms with Crippen molar-refractivity contribution < 1.29 is 19.1 Å². The highest BCUT2D eigenvalue weighted by atomic mass is 16.5. The van der Waals surface area contributed by atoms with Gasteiger partial charge in [0.1, 0.15) is 0 Å². The number of benzene rings is 1. The molecule has 1 aromatic heterocycles. The van der Waals surface area contributed by atoms with E-state index in [0.717, 1.165) is 10.9 Å². The SMILES string of the molecule is O=C1CN(C(=O)COC(=O)/C=C/c2ccc3ccccc3n2)CCN1. The Morgan fingerprint density at radius 1 is 1.24 bits per heavy atom. The van der Waals surface area contributed by atoms with Crippen LogP contribution in [0.15, 0.2) is 42.5 Å². The van der Waals surface area contributed by atoms with E-state index in [1.165, 1.54) is 17.1 Å². The predicted octanol–water partition coefficient (Wildman–Crippen LogP) is 0.750. The Balaban J connectivity index is 1.53. The van der Waals surface area contributed by atoms with Gasteiger partial charge in [-0.3, -0.25) is 9.59 Å². The van der Waals surface area contributed by atoms with Crippen LogP contribution in [0.3, 0.4) is 0 Å². The number of piperazine rings is 1. The Hall–Kier alpha value is -3.22. The molecule has 2 heterocycles. The van der Waals surface area contributed by atoms with Gasteiger partial charge in [-0.2, -0.15) is 0 Å².